The molecule has 0 spiro atoms. The minimum absolute atomic E-state index is 0.359. The van der Waals surface area contributed by atoms with Gasteiger partial charge < -0.3 is 4.74 Å². The predicted octanol–water partition coefficient (Wildman–Crippen LogP) is 5.99. The summed E-state index contributed by atoms with van der Waals surface area (Å²) in [6, 6.07) is 15.7. The van der Waals surface area contributed by atoms with Crippen molar-refractivity contribution in [3.8, 4) is 5.75 Å². The number of fused-ring (bicyclic) bond motifs is 1. The second kappa shape index (κ2) is 6.34. The van der Waals surface area contributed by atoms with Crippen LogP contribution in [0.2, 0.25) is 5.15 Å². The third kappa shape index (κ3) is 3.23. The highest BCUT2D eigenvalue weighted by Crippen LogP contribution is 2.34. The van der Waals surface area contributed by atoms with Gasteiger partial charge in [-0.15, -0.1) is 0 Å². The van der Waals surface area contributed by atoms with Crippen molar-refractivity contribution in [3.05, 3.63) is 68.2 Å². The number of rotatable bonds is 3. The van der Waals surface area contributed by atoms with Crippen LogP contribution in [0.1, 0.15) is 5.56 Å². The molecule has 0 aliphatic heterocycles. The Bertz CT molecular complexity index is 787. The molecule has 106 valence electrons. The Kier molecular flexibility index (Phi) is 4.48. The van der Waals surface area contributed by atoms with Gasteiger partial charge in [0.1, 0.15) is 17.5 Å². The molecule has 2 nitrogen and oxygen atoms in total. The van der Waals surface area contributed by atoms with Gasteiger partial charge in [0, 0.05) is 10.9 Å². The van der Waals surface area contributed by atoms with E-state index in [-0.39, 0.29) is 0 Å². The van der Waals surface area contributed by atoms with Crippen LogP contribution in [-0.4, -0.2) is 4.98 Å². The number of ether oxygens (including phenoxy) is 1. The van der Waals surface area contributed by atoms with Crippen molar-refractivity contribution < 1.29 is 4.74 Å². The molecule has 0 fully saturated rings. The fourth-order valence-electron chi connectivity index (χ4n) is 2.01. The highest BCUT2D eigenvalue weighted by atomic mass is 79.9. The maximum Gasteiger partial charge on any atom is 0.148 e. The summed E-state index contributed by atoms with van der Waals surface area (Å²) >= 11 is 13.2. The van der Waals surface area contributed by atoms with Crippen molar-refractivity contribution in [2.24, 2.45) is 0 Å². The Labute approximate surface area is 144 Å². The zero-order valence-corrected chi connectivity index (χ0v) is 14.7. The Hall–Kier alpha value is -1.10. The lowest BCUT2D eigenvalue weighted by Crippen LogP contribution is -1.99. The lowest BCUT2D eigenvalue weighted by Gasteiger charge is -2.11. The molecule has 1 aromatic heterocycles. The summed E-state index contributed by atoms with van der Waals surface area (Å²) < 4.78 is 7.65. The van der Waals surface area contributed by atoms with E-state index in [0.717, 1.165) is 31.2 Å². The lowest BCUT2D eigenvalue weighted by molar-refractivity contribution is 0.302. The van der Waals surface area contributed by atoms with Gasteiger partial charge in [-0.05, 0) is 56.1 Å². The van der Waals surface area contributed by atoms with Crippen LogP contribution in [0.3, 0.4) is 0 Å². The van der Waals surface area contributed by atoms with Crippen molar-refractivity contribution in [3.63, 3.8) is 0 Å². The number of benzene rings is 2. The molecule has 1 heterocycles. The fourth-order valence-corrected chi connectivity index (χ4v) is 3.44. The minimum Gasteiger partial charge on any atom is -0.486 e. The number of pyridine rings is 1. The van der Waals surface area contributed by atoms with E-state index in [1.165, 1.54) is 0 Å². The second-order valence-electron chi connectivity index (χ2n) is 4.47. The average molecular weight is 428 g/mol. The number of hydrogen-bond donors (Lipinski definition) is 0. The first-order valence-corrected chi connectivity index (χ1v) is 8.22. The first kappa shape index (κ1) is 14.8. The number of aromatic nitrogens is 1. The molecule has 21 heavy (non-hydrogen) atoms. The van der Waals surface area contributed by atoms with Crippen LogP contribution in [0.25, 0.3) is 10.9 Å². The monoisotopic (exact) mass is 425 g/mol. The first-order valence-electron chi connectivity index (χ1n) is 6.26. The molecule has 0 aliphatic carbocycles. The van der Waals surface area contributed by atoms with Gasteiger partial charge in [-0.2, -0.15) is 0 Å². The molecule has 3 aromatic rings. The van der Waals surface area contributed by atoms with Gasteiger partial charge in [0.05, 0.1) is 14.5 Å². The van der Waals surface area contributed by atoms with Crippen molar-refractivity contribution in [2.75, 3.05) is 0 Å². The van der Waals surface area contributed by atoms with E-state index in [1.54, 1.807) is 0 Å². The van der Waals surface area contributed by atoms with Crippen molar-refractivity contribution >= 4 is 54.4 Å². The van der Waals surface area contributed by atoms with Crippen molar-refractivity contribution in [1.82, 2.24) is 4.98 Å². The molecule has 2 aromatic carbocycles. The highest BCUT2D eigenvalue weighted by molar-refractivity contribution is 9.11. The standard InChI is InChI=1S/C16H10Br2ClNO/c17-12-5-3-6-13(18)15(12)21-9-11-8-10-4-1-2-7-14(10)20-16(11)19/h1-8H,9H2. The molecule has 0 saturated carbocycles. The molecule has 0 saturated heterocycles. The molecule has 0 atom stereocenters. The Balaban J connectivity index is 1.90. The van der Waals surface area contributed by atoms with Crippen LogP contribution in [0, 0.1) is 0 Å². The van der Waals surface area contributed by atoms with E-state index < -0.39 is 0 Å². The van der Waals surface area contributed by atoms with Crippen LogP contribution >= 0.6 is 43.5 Å². The fraction of sp³-hybridized carbons (Fsp3) is 0.0625. The summed E-state index contributed by atoms with van der Waals surface area (Å²) in [6.45, 7) is 0.359. The van der Waals surface area contributed by atoms with Crippen LogP contribution in [0.4, 0.5) is 0 Å². The summed E-state index contributed by atoms with van der Waals surface area (Å²) in [5.74, 6) is 0.752. The van der Waals surface area contributed by atoms with Crippen LogP contribution < -0.4 is 4.74 Å². The quantitative estimate of drug-likeness (QED) is 0.479. The van der Waals surface area contributed by atoms with Crippen molar-refractivity contribution in [2.45, 2.75) is 6.61 Å². The Morgan fingerprint density at radius 3 is 2.48 bits per heavy atom. The van der Waals surface area contributed by atoms with Gasteiger partial charge in [0.15, 0.2) is 0 Å². The molecular weight excluding hydrogens is 417 g/mol. The average Bonchev–Trinajstić information content (AvgIpc) is 2.47. The normalized spacial score (nSPS) is 10.8. The second-order valence-corrected chi connectivity index (χ2v) is 6.54. The first-order chi connectivity index (χ1) is 10.1. The van der Waals surface area contributed by atoms with Gasteiger partial charge >= 0.3 is 0 Å². The van der Waals surface area contributed by atoms with Crippen LogP contribution in [0.5, 0.6) is 5.75 Å². The van der Waals surface area contributed by atoms with E-state index in [2.05, 4.69) is 36.8 Å². The largest absolute Gasteiger partial charge is 0.486 e. The zero-order chi connectivity index (χ0) is 14.8. The number of para-hydroxylation sites is 2. The summed E-state index contributed by atoms with van der Waals surface area (Å²) in [6.07, 6.45) is 0. The molecule has 0 radical (unpaired) electrons. The number of halogens is 3. The molecule has 0 aliphatic rings. The summed E-state index contributed by atoms with van der Waals surface area (Å²) in [7, 11) is 0. The Morgan fingerprint density at radius 1 is 1.00 bits per heavy atom. The SMILES string of the molecule is Clc1nc2ccccc2cc1COc1c(Br)cccc1Br. The van der Waals surface area contributed by atoms with E-state index >= 15 is 0 Å². The van der Waals surface area contributed by atoms with Gasteiger partial charge in [0.2, 0.25) is 0 Å². The van der Waals surface area contributed by atoms with Gasteiger partial charge in [-0.3, -0.25) is 0 Å². The predicted molar refractivity (Wildman–Crippen MR) is 92.9 cm³/mol. The van der Waals surface area contributed by atoms with E-state index in [4.69, 9.17) is 16.3 Å². The summed E-state index contributed by atoms with van der Waals surface area (Å²) in [5, 5.41) is 1.52. The third-order valence-corrected chi connectivity index (χ3v) is 4.62. The maximum atomic E-state index is 6.23. The van der Waals surface area contributed by atoms with E-state index in [9.17, 15) is 0 Å². The topological polar surface area (TPSA) is 22.1 Å². The highest BCUT2D eigenvalue weighted by Gasteiger charge is 2.09. The molecule has 0 N–H and O–H groups in total. The number of hydrogen-bond acceptors (Lipinski definition) is 2. The molecule has 3 rings (SSSR count). The molecule has 0 unspecified atom stereocenters. The van der Waals surface area contributed by atoms with E-state index in [0.29, 0.717) is 11.8 Å². The summed E-state index contributed by atoms with van der Waals surface area (Å²) in [4.78, 5) is 4.39. The maximum absolute atomic E-state index is 6.23. The van der Waals surface area contributed by atoms with Crippen LogP contribution in [-0.2, 0) is 6.61 Å². The van der Waals surface area contributed by atoms with Crippen LogP contribution in [0.15, 0.2) is 57.5 Å². The lowest BCUT2D eigenvalue weighted by atomic mass is 10.2. The van der Waals surface area contributed by atoms with Crippen molar-refractivity contribution in [1.29, 1.82) is 0 Å². The molecule has 5 heteroatoms. The number of nitrogens with zero attached hydrogens (tertiary/aromatic N) is 1. The third-order valence-electron chi connectivity index (χ3n) is 3.04. The molecule has 0 bridgehead atoms. The minimum atomic E-state index is 0.359. The summed E-state index contributed by atoms with van der Waals surface area (Å²) in [5.41, 5.74) is 1.74. The molecular formula is C16H10Br2ClNO. The zero-order valence-electron chi connectivity index (χ0n) is 10.8. The van der Waals surface area contributed by atoms with Gasteiger partial charge in [-0.1, -0.05) is 35.9 Å². The smallest absolute Gasteiger partial charge is 0.148 e. The Morgan fingerprint density at radius 2 is 1.71 bits per heavy atom. The van der Waals surface area contributed by atoms with Gasteiger partial charge in [0.25, 0.3) is 0 Å². The molecule has 0 amide bonds. The van der Waals surface area contributed by atoms with Gasteiger partial charge in [-0.25, -0.2) is 4.98 Å². The van der Waals surface area contributed by atoms with E-state index in [1.807, 2.05) is 48.5 Å².